The number of benzene rings is 1. The first kappa shape index (κ1) is 19.1. The molecule has 23 heavy (non-hydrogen) atoms. The van der Waals surface area contributed by atoms with E-state index in [1.54, 1.807) is 0 Å². The molecule has 0 radical (unpaired) electrons. The van der Waals surface area contributed by atoms with Gasteiger partial charge in [0.25, 0.3) is 0 Å². The fourth-order valence-corrected chi connectivity index (χ4v) is 1.87. The maximum absolute atomic E-state index is 11.5. The van der Waals surface area contributed by atoms with Crippen LogP contribution in [0.2, 0.25) is 0 Å². The fourth-order valence-electron chi connectivity index (χ4n) is 1.87. The highest BCUT2D eigenvalue weighted by Gasteiger charge is 2.15. The van der Waals surface area contributed by atoms with Crippen molar-refractivity contribution in [1.29, 1.82) is 0 Å². The molecule has 128 valence electrons. The lowest BCUT2D eigenvalue weighted by Crippen LogP contribution is -2.33. The van der Waals surface area contributed by atoms with Gasteiger partial charge in [-0.2, -0.15) is 0 Å². The molecule has 1 amide bonds. The zero-order valence-electron chi connectivity index (χ0n) is 14.7. The van der Waals surface area contributed by atoms with Crippen LogP contribution in [0.4, 0.5) is 4.79 Å². The molecule has 0 aromatic heterocycles. The van der Waals surface area contributed by atoms with Crippen LogP contribution < -0.4 is 10.1 Å². The second-order valence-corrected chi connectivity index (χ2v) is 6.39. The van der Waals surface area contributed by atoms with Crippen LogP contribution in [0.1, 0.15) is 46.1 Å². The second-order valence-electron chi connectivity index (χ2n) is 6.39. The number of unbranched alkanes of at least 4 members (excludes halogenated alkanes) is 1. The molecule has 1 N–H and O–H groups in total. The van der Waals surface area contributed by atoms with Crippen LogP contribution >= 0.6 is 0 Å². The Morgan fingerprint density at radius 1 is 1.17 bits per heavy atom. The molecular formula is C19H29NO3. The first-order valence-electron chi connectivity index (χ1n) is 8.24. The third-order valence-corrected chi connectivity index (χ3v) is 2.97. The Bertz CT molecular complexity index is 486. The molecule has 1 aromatic rings. The Labute approximate surface area is 139 Å². The molecule has 0 aliphatic heterocycles. The molecule has 0 saturated carbocycles. The van der Waals surface area contributed by atoms with E-state index in [2.05, 4.69) is 18.3 Å². The molecule has 0 aliphatic carbocycles. The number of allylic oxidation sites excluding steroid dienone is 1. The summed E-state index contributed by atoms with van der Waals surface area (Å²) in [6.45, 7) is 8.85. The number of hydrogen-bond acceptors (Lipinski definition) is 3. The summed E-state index contributed by atoms with van der Waals surface area (Å²) in [5.74, 6) is 0.856. The molecule has 0 heterocycles. The van der Waals surface area contributed by atoms with Crippen molar-refractivity contribution in [3.05, 3.63) is 42.0 Å². The van der Waals surface area contributed by atoms with Gasteiger partial charge < -0.3 is 14.8 Å². The van der Waals surface area contributed by atoms with Crippen molar-refractivity contribution in [2.24, 2.45) is 0 Å². The minimum absolute atomic E-state index is 0.378. The summed E-state index contributed by atoms with van der Waals surface area (Å²) in [5.41, 5.74) is 0.684. The van der Waals surface area contributed by atoms with E-state index in [1.807, 2.05) is 51.1 Å². The van der Waals surface area contributed by atoms with Gasteiger partial charge in [0.2, 0.25) is 0 Å². The predicted octanol–water partition coefficient (Wildman–Crippen LogP) is 4.49. The van der Waals surface area contributed by atoms with Crippen LogP contribution in [0.25, 0.3) is 0 Å². The topological polar surface area (TPSA) is 47.6 Å². The van der Waals surface area contributed by atoms with Crippen molar-refractivity contribution >= 4 is 6.09 Å². The normalized spacial score (nSPS) is 11.5. The second kappa shape index (κ2) is 9.93. The Morgan fingerprint density at radius 3 is 2.48 bits per heavy atom. The van der Waals surface area contributed by atoms with E-state index in [1.165, 1.54) is 0 Å². The highest BCUT2D eigenvalue weighted by molar-refractivity contribution is 5.67. The van der Waals surface area contributed by atoms with E-state index in [9.17, 15) is 4.79 Å². The SMILES string of the molecule is CCC/C=C/COc1ccc(CCNC(=O)OC(C)(C)C)cc1. The molecule has 4 heteroatoms. The van der Waals surface area contributed by atoms with Gasteiger partial charge in [0, 0.05) is 6.54 Å². The zero-order chi connectivity index (χ0) is 17.1. The number of alkyl carbamates (subject to hydrolysis) is 1. The van der Waals surface area contributed by atoms with Crippen molar-refractivity contribution < 1.29 is 14.3 Å². The Kier molecular flexibility index (Phi) is 8.23. The summed E-state index contributed by atoms with van der Waals surface area (Å²) in [7, 11) is 0. The average Bonchev–Trinajstić information content (AvgIpc) is 2.47. The van der Waals surface area contributed by atoms with Gasteiger partial charge in [0.05, 0.1) is 0 Å². The third kappa shape index (κ3) is 9.61. The van der Waals surface area contributed by atoms with Gasteiger partial charge in [-0.15, -0.1) is 0 Å². The first-order valence-corrected chi connectivity index (χ1v) is 8.24. The number of nitrogens with one attached hydrogen (secondary N) is 1. The van der Waals surface area contributed by atoms with Crippen LogP contribution in [0.5, 0.6) is 5.75 Å². The number of hydrogen-bond donors (Lipinski definition) is 1. The number of carbonyl (C=O) groups excluding carboxylic acids is 1. The van der Waals surface area contributed by atoms with Crippen LogP contribution in [0.15, 0.2) is 36.4 Å². The molecule has 0 fully saturated rings. The van der Waals surface area contributed by atoms with E-state index in [-0.39, 0.29) is 6.09 Å². The molecule has 0 unspecified atom stereocenters. The summed E-state index contributed by atoms with van der Waals surface area (Å²) in [4.78, 5) is 11.5. The van der Waals surface area contributed by atoms with Crippen LogP contribution in [-0.2, 0) is 11.2 Å². The molecule has 1 aromatic carbocycles. The highest BCUT2D eigenvalue weighted by atomic mass is 16.6. The standard InChI is InChI=1S/C19H29NO3/c1-5-6-7-8-15-22-17-11-9-16(10-12-17)13-14-20-18(21)23-19(2,3)4/h7-12H,5-6,13-15H2,1-4H3,(H,20,21)/b8-7+. The first-order chi connectivity index (χ1) is 10.9. The van der Waals surface area contributed by atoms with Crippen LogP contribution in [0.3, 0.4) is 0 Å². The molecular weight excluding hydrogens is 290 g/mol. The largest absolute Gasteiger partial charge is 0.490 e. The van der Waals surface area contributed by atoms with Crippen LogP contribution in [0, 0.1) is 0 Å². The third-order valence-electron chi connectivity index (χ3n) is 2.97. The lowest BCUT2D eigenvalue weighted by Gasteiger charge is -2.19. The van der Waals surface area contributed by atoms with Crippen molar-refractivity contribution in [2.45, 2.75) is 52.6 Å². The van der Waals surface area contributed by atoms with Gasteiger partial charge >= 0.3 is 6.09 Å². The number of rotatable bonds is 8. The van der Waals surface area contributed by atoms with Crippen molar-refractivity contribution in [2.75, 3.05) is 13.2 Å². The molecule has 0 saturated heterocycles. The van der Waals surface area contributed by atoms with Crippen LogP contribution in [-0.4, -0.2) is 24.8 Å². The number of amides is 1. The van der Waals surface area contributed by atoms with Gasteiger partial charge in [-0.3, -0.25) is 0 Å². The molecule has 0 bridgehead atoms. The Balaban J connectivity index is 2.27. The van der Waals surface area contributed by atoms with E-state index < -0.39 is 5.60 Å². The van der Waals surface area contributed by atoms with Gasteiger partial charge in [0.1, 0.15) is 18.0 Å². The number of carbonyl (C=O) groups is 1. The quantitative estimate of drug-likeness (QED) is 0.718. The van der Waals surface area contributed by atoms with Crippen molar-refractivity contribution in [3.8, 4) is 5.75 Å². The highest BCUT2D eigenvalue weighted by Crippen LogP contribution is 2.12. The summed E-state index contributed by atoms with van der Waals surface area (Å²) < 4.78 is 10.8. The minimum Gasteiger partial charge on any atom is -0.490 e. The maximum Gasteiger partial charge on any atom is 0.407 e. The number of ether oxygens (including phenoxy) is 2. The molecule has 4 nitrogen and oxygen atoms in total. The minimum atomic E-state index is -0.464. The smallest absolute Gasteiger partial charge is 0.407 e. The van der Waals surface area contributed by atoms with Gasteiger partial charge in [-0.1, -0.05) is 37.6 Å². The lowest BCUT2D eigenvalue weighted by atomic mass is 10.1. The summed E-state index contributed by atoms with van der Waals surface area (Å²) in [6.07, 6.45) is 6.81. The maximum atomic E-state index is 11.5. The van der Waals surface area contributed by atoms with E-state index in [4.69, 9.17) is 9.47 Å². The summed E-state index contributed by atoms with van der Waals surface area (Å²) in [5, 5.41) is 2.75. The van der Waals surface area contributed by atoms with Crippen molar-refractivity contribution in [3.63, 3.8) is 0 Å². The Morgan fingerprint density at radius 2 is 1.87 bits per heavy atom. The Hall–Kier alpha value is -1.97. The molecule has 0 aliphatic rings. The summed E-state index contributed by atoms with van der Waals surface area (Å²) in [6, 6.07) is 7.94. The van der Waals surface area contributed by atoms with E-state index >= 15 is 0 Å². The van der Waals surface area contributed by atoms with Crippen molar-refractivity contribution in [1.82, 2.24) is 5.32 Å². The monoisotopic (exact) mass is 319 g/mol. The van der Waals surface area contributed by atoms with Gasteiger partial charge in [-0.05, 0) is 51.3 Å². The van der Waals surface area contributed by atoms with Gasteiger partial charge in [0.15, 0.2) is 0 Å². The molecule has 0 spiro atoms. The molecule has 0 atom stereocenters. The zero-order valence-corrected chi connectivity index (χ0v) is 14.7. The lowest BCUT2D eigenvalue weighted by molar-refractivity contribution is 0.0528. The molecule has 1 rings (SSSR count). The van der Waals surface area contributed by atoms with E-state index in [0.717, 1.165) is 30.6 Å². The predicted molar refractivity (Wildman–Crippen MR) is 93.9 cm³/mol. The fraction of sp³-hybridized carbons (Fsp3) is 0.526. The van der Waals surface area contributed by atoms with Gasteiger partial charge in [-0.25, -0.2) is 4.79 Å². The summed E-state index contributed by atoms with van der Waals surface area (Å²) >= 11 is 0. The average molecular weight is 319 g/mol. The van der Waals surface area contributed by atoms with E-state index in [0.29, 0.717) is 13.2 Å².